The van der Waals surface area contributed by atoms with Gasteiger partial charge < -0.3 is 5.11 Å². The Morgan fingerprint density at radius 2 is 1.62 bits per heavy atom. The quantitative estimate of drug-likeness (QED) is 0.707. The van der Waals surface area contributed by atoms with Crippen LogP contribution in [0.3, 0.4) is 0 Å². The molecular weight excluding hydrogens is 446 g/mol. The van der Waals surface area contributed by atoms with Crippen LogP contribution in [0.15, 0.2) is 51.1 Å². The molecule has 6 nitrogen and oxygen atoms in total. The van der Waals surface area contributed by atoms with Crippen LogP contribution in [0.4, 0.5) is 0 Å². The highest BCUT2D eigenvalue weighted by molar-refractivity contribution is 7.92. The van der Waals surface area contributed by atoms with Crippen LogP contribution in [-0.4, -0.2) is 34.1 Å². The van der Waals surface area contributed by atoms with Gasteiger partial charge in [0.25, 0.3) is 0 Å². The molecule has 1 spiro atoms. The van der Waals surface area contributed by atoms with Gasteiger partial charge in [-0.1, -0.05) is 37.1 Å². The number of rotatable bonds is 3. The zero-order valence-electron chi connectivity index (χ0n) is 18.2. The largest absolute Gasteiger partial charge is 0.393 e. The van der Waals surface area contributed by atoms with Crippen LogP contribution in [0.25, 0.3) is 0 Å². The summed E-state index contributed by atoms with van der Waals surface area (Å²) >= 11 is 0. The molecule has 5 rings (SSSR count). The van der Waals surface area contributed by atoms with Crippen molar-refractivity contribution in [2.45, 2.75) is 90.5 Å². The molecule has 0 unspecified atom stereocenters. The van der Waals surface area contributed by atoms with Gasteiger partial charge in [0.1, 0.15) is 0 Å². The third-order valence-corrected chi connectivity index (χ3v) is 11.1. The molecule has 8 heteroatoms. The van der Waals surface area contributed by atoms with Gasteiger partial charge in [0, 0.05) is 11.5 Å². The molecule has 2 aromatic rings. The average molecular weight is 476 g/mol. The van der Waals surface area contributed by atoms with Gasteiger partial charge in [0.05, 0.1) is 20.8 Å². The van der Waals surface area contributed by atoms with Crippen LogP contribution in [0.2, 0.25) is 0 Å². The van der Waals surface area contributed by atoms with Crippen LogP contribution in [-0.2, 0) is 25.3 Å². The number of sulfone groups is 1. The topological polar surface area (TPSA) is 101 Å². The molecule has 32 heavy (non-hydrogen) atoms. The Balaban J connectivity index is 1.64. The minimum atomic E-state index is -3.90. The number of fused-ring (bicyclic) bond motifs is 4. The fourth-order valence-corrected chi connectivity index (χ4v) is 9.41. The van der Waals surface area contributed by atoms with Gasteiger partial charge in [-0.2, -0.15) is 0 Å². The third kappa shape index (κ3) is 3.34. The Hall–Kier alpha value is -1.74. The molecule has 0 aromatic heterocycles. The van der Waals surface area contributed by atoms with Gasteiger partial charge in [-0.3, -0.25) is 0 Å². The lowest BCUT2D eigenvalue weighted by Crippen LogP contribution is -2.39. The molecule has 172 valence electrons. The lowest BCUT2D eigenvalue weighted by molar-refractivity contribution is 0.120. The van der Waals surface area contributed by atoms with E-state index in [1.165, 1.54) is 6.07 Å². The molecule has 0 amide bonds. The van der Waals surface area contributed by atoms with Crippen molar-refractivity contribution >= 4 is 19.9 Å². The van der Waals surface area contributed by atoms with Crippen LogP contribution in [0.5, 0.6) is 0 Å². The number of aryl methyl sites for hydroxylation is 1. The van der Waals surface area contributed by atoms with Crippen LogP contribution < -0.4 is 4.72 Å². The van der Waals surface area contributed by atoms with E-state index in [1.807, 2.05) is 12.1 Å². The highest BCUT2D eigenvalue weighted by Crippen LogP contribution is 2.54. The highest BCUT2D eigenvalue weighted by atomic mass is 32.2. The SMILES string of the molecule is Cc1cc2c(cc1S(=O)(=O)N[C@H]1CC[C@H](O)CC1)S(=O)(=O)c1ccccc1C21CCCC1. The van der Waals surface area contributed by atoms with Gasteiger partial charge in [-0.05, 0) is 74.3 Å². The molecule has 0 bridgehead atoms. The molecule has 0 saturated heterocycles. The highest BCUT2D eigenvalue weighted by Gasteiger charge is 2.48. The molecule has 2 saturated carbocycles. The van der Waals surface area contributed by atoms with Crippen molar-refractivity contribution in [3.05, 3.63) is 53.1 Å². The molecule has 2 aliphatic carbocycles. The van der Waals surface area contributed by atoms with Crippen molar-refractivity contribution in [2.24, 2.45) is 0 Å². The van der Waals surface area contributed by atoms with Crippen molar-refractivity contribution in [1.29, 1.82) is 0 Å². The van der Waals surface area contributed by atoms with Gasteiger partial charge in [-0.15, -0.1) is 0 Å². The minimum absolute atomic E-state index is 0.0264. The summed E-state index contributed by atoms with van der Waals surface area (Å²) in [6.45, 7) is 1.75. The number of benzene rings is 2. The Labute approximate surface area is 190 Å². The first-order valence-electron chi connectivity index (χ1n) is 11.4. The van der Waals surface area contributed by atoms with Gasteiger partial charge in [0.2, 0.25) is 19.9 Å². The summed E-state index contributed by atoms with van der Waals surface area (Å²) < 4.78 is 56.6. The van der Waals surface area contributed by atoms with E-state index in [0.29, 0.717) is 36.1 Å². The lowest BCUT2D eigenvalue weighted by Gasteiger charge is -2.38. The van der Waals surface area contributed by atoms with Gasteiger partial charge >= 0.3 is 0 Å². The summed E-state index contributed by atoms with van der Waals surface area (Å²) in [5.41, 5.74) is 1.77. The second kappa shape index (κ2) is 7.65. The molecular formula is C24H29NO5S2. The Bertz CT molecular complexity index is 1270. The normalized spacial score (nSPS) is 25.9. The van der Waals surface area contributed by atoms with Crippen molar-refractivity contribution < 1.29 is 21.9 Å². The molecule has 0 radical (unpaired) electrons. The van der Waals surface area contributed by atoms with Crippen molar-refractivity contribution in [1.82, 2.24) is 4.72 Å². The summed E-state index contributed by atoms with van der Waals surface area (Å²) in [6, 6.07) is 10.1. The van der Waals surface area contributed by atoms with Crippen molar-refractivity contribution in [3.63, 3.8) is 0 Å². The number of sulfonamides is 1. The molecule has 1 aliphatic heterocycles. The van der Waals surface area contributed by atoms with E-state index in [0.717, 1.165) is 36.8 Å². The summed E-state index contributed by atoms with van der Waals surface area (Å²) in [5.74, 6) is 0. The number of nitrogens with one attached hydrogen (secondary N) is 1. The van der Waals surface area contributed by atoms with E-state index >= 15 is 0 Å². The molecule has 0 atom stereocenters. The first kappa shape index (κ1) is 22.1. The van der Waals surface area contributed by atoms with Gasteiger partial charge in [-0.25, -0.2) is 21.6 Å². The second-order valence-electron chi connectivity index (χ2n) is 9.53. The maximum absolute atomic E-state index is 13.6. The van der Waals surface area contributed by atoms with Crippen LogP contribution >= 0.6 is 0 Å². The Morgan fingerprint density at radius 1 is 0.969 bits per heavy atom. The van der Waals surface area contributed by atoms with Crippen LogP contribution in [0.1, 0.15) is 68.1 Å². The number of aliphatic hydroxyl groups is 1. The summed E-state index contributed by atoms with van der Waals surface area (Å²) in [6.07, 6.45) is 5.63. The maximum Gasteiger partial charge on any atom is 0.241 e. The van der Waals surface area contributed by atoms with E-state index < -0.39 is 19.9 Å². The monoisotopic (exact) mass is 475 g/mol. The minimum Gasteiger partial charge on any atom is -0.393 e. The van der Waals surface area contributed by atoms with E-state index in [9.17, 15) is 21.9 Å². The van der Waals surface area contributed by atoms with Crippen molar-refractivity contribution in [2.75, 3.05) is 0 Å². The molecule has 3 aliphatic rings. The molecule has 2 aromatic carbocycles. The Kier molecular flexibility index (Phi) is 5.28. The third-order valence-electron chi connectivity index (χ3n) is 7.54. The second-order valence-corrected chi connectivity index (χ2v) is 13.1. The smallest absolute Gasteiger partial charge is 0.241 e. The predicted molar refractivity (Wildman–Crippen MR) is 121 cm³/mol. The molecule has 2 fully saturated rings. The summed E-state index contributed by atoms with van der Waals surface area (Å²) in [7, 11) is -7.73. The predicted octanol–water partition coefficient (Wildman–Crippen LogP) is 3.58. The van der Waals surface area contributed by atoms with Crippen molar-refractivity contribution in [3.8, 4) is 0 Å². The number of aliphatic hydroxyl groups excluding tert-OH is 1. The fraction of sp³-hybridized carbons (Fsp3) is 0.500. The Morgan fingerprint density at radius 3 is 2.31 bits per heavy atom. The van der Waals surface area contributed by atoms with E-state index in [2.05, 4.69) is 4.72 Å². The zero-order chi connectivity index (χ0) is 22.7. The molecule has 1 heterocycles. The standard InChI is InChI=1S/C24H29NO5S2/c1-16-14-20-23(15-22(16)32(29,30)25-17-8-10-18(26)11-9-17)31(27,28)21-7-3-2-6-19(21)24(20)12-4-5-13-24/h2-3,6-7,14-15,17-18,25-26H,4-5,8-13H2,1H3/t17-,18-. The van der Waals surface area contributed by atoms with E-state index in [4.69, 9.17) is 0 Å². The number of hydrogen-bond acceptors (Lipinski definition) is 5. The summed E-state index contributed by atoms with van der Waals surface area (Å²) in [5, 5.41) is 9.71. The first-order chi connectivity index (χ1) is 15.1. The maximum atomic E-state index is 13.6. The molecule has 2 N–H and O–H groups in total. The van der Waals surface area contributed by atoms with E-state index in [-0.39, 0.29) is 27.4 Å². The average Bonchev–Trinajstić information content (AvgIpc) is 3.25. The number of hydrogen-bond donors (Lipinski definition) is 2. The lowest BCUT2D eigenvalue weighted by atomic mass is 9.72. The van der Waals surface area contributed by atoms with E-state index in [1.54, 1.807) is 25.1 Å². The van der Waals surface area contributed by atoms with Crippen LogP contribution in [0, 0.1) is 6.92 Å². The van der Waals surface area contributed by atoms with Gasteiger partial charge in [0.15, 0.2) is 0 Å². The fourth-order valence-electron chi connectivity index (χ4n) is 5.91. The summed E-state index contributed by atoms with van der Waals surface area (Å²) in [4.78, 5) is 0.456. The zero-order valence-corrected chi connectivity index (χ0v) is 19.8. The first-order valence-corrected chi connectivity index (χ1v) is 14.3.